The van der Waals surface area contributed by atoms with Crippen molar-refractivity contribution in [1.29, 1.82) is 0 Å². The Morgan fingerprint density at radius 2 is 2.25 bits per heavy atom. The molecule has 1 aromatic heterocycles. The fraction of sp³-hybridized carbons (Fsp3) is 0.500. The number of rotatable bonds is 2. The van der Waals surface area contributed by atoms with E-state index >= 15 is 0 Å². The van der Waals surface area contributed by atoms with Crippen LogP contribution in [0.1, 0.15) is 18.3 Å². The topological polar surface area (TPSA) is 47.2 Å². The number of carbonyl (C=O) groups excluding carboxylic acids is 1. The van der Waals surface area contributed by atoms with Crippen LogP contribution in [0.3, 0.4) is 0 Å². The highest BCUT2D eigenvalue weighted by Gasteiger charge is 2.08. The van der Waals surface area contributed by atoms with E-state index in [9.17, 15) is 4.79 Å². The minimum absolute atomic E-state index is 0.645. The van der Waals surface area contributed by atoms with Crippen molar-refractivity contribution in [3.05, 3.63) is 11.4 Å². The van der Waals surface area contributed by atoms with Crippen LogP contribution in [0.2, 0.25) is 0 Å². The molecule has 64 valence electrons. The van der Waals surface area contributed by atoms with Gasteiger partial charge in [-0.1, -0.05) is 0 Å². The molecule has 12 heavy (non-hydrogen) atoms. The van der Waals surface area contributed by atoms with Crippen LogP contribution in [0.25, 0.3) is 0 Å². The predicted molar refractivity (Wildman–Crippen MR) is 45.2 cm³/mol. The van der Waals surface area contributed by atoms with Crippen molar-refractivity contribution in [3.63, 3.8) is 0 Å². The van der Waals surface area contributed by atoms with Gasteiger partial charge < -0.3 is 0 Å². The molecule has 1 rings (SSSR count). The molecule has 4 nitrogen and oxygen atoms in total. The summed E-state index contributed by atoms with van der Waals surface area (Å²) in [6.45, 7) is 6.50. The van der Waals surface area contributed by atoms with E-state index in [4.69, 9.17) is 0 Å². The largest absolute Gasteiger partial charge is 0.268 e. The van der Waals surface area contributed by atoms with Gasteiger partial charge in [0, 0.05) is 6.54 Å². The smallest absolute Gasteiger partial charge is 0.240 e. The summed E-state index contributed by atoms with van der Waals surface area (Å²) in [5.41, 5.74) is 2.34. The monoisotopic (exact) mass is 165 g/mol. The highest BCUT2D eigenvalue weighted by atomic mass is 16.1. The van der Waals surface area contributed by atoms with Gasteiger partial charge in [0.1, 0.15) is 5.69 Å². The Kier molecular flexibility index (Phi) is 2.41. The summed E-state index contributed by atoms with van der Waals surface area (Å²) in [4.78, 5) is 13.6. The summed E-state index contributed by atoms with van der Waals surface area (Å²) in [5, 5.41) is 4.19. The van der Waals surface area contributed by atoms with E-state index in [1.807, 2.05) is 25.5 Å². The maximum atomic E-state index is 10.0. The summed E-state index contributed by atoms with van der Waals surface area (Å²) in [6.07, 6.45) is 1.52. The fourth-order valence-corrected chi connectivity index (χ4v) is 1.20. The first-order valence-corrected chi connectivity index (χ1v) is 3.82. The zero-order chi connectivity index (χ0) is 9.14. The molecule has 0 aliphatic heterocycles. The number of isocyanates is 1. The van der Waals surface area contributed by atoms with Crippen molar-refractivity contribution in [1.82, 2.24) is 9.78 Å². The third-order valence-electron chi connectivity index (χ3n) is 1.80. The van der Waals surface area contributed by atoms with E-state index in [1.165, 1.54) is 6.08 Å². The van der Waals surface area contributed by atoms with Crippen molar-refractivity contribution >= 4 is 11.8 Å². The van der Waals surface area contributed by atoms with Crippen LogP contribution in [-0.4, -0.2) is 15.9 Å². The number of aliphatic imine (C=N–C) groups is 1. The third-order valence-corrected chi connectivity index (χ3v) is 1.80. The third kappa shape index (κ3) is 1.29. The lowest BCUT2D eigenvalue weighted by atomic mass is 10.3. The van der Waals surface area contributed by atoms with Gasteiger partial charge in [-0.2, -0.15) is 10.1 Å². The SMILES string of the molecule is CCn1nc(C)c(N=C=O)c1C. The molecule has 0 spiro atoms. The Balaban J connectivity index is 3.27. The Bertz CT molecular complexity index is 334. The van der Waals surface area contributed by atoms with Gasteiger partial charge in [0.2, 0.25) is 6.08 Å². The summed E-state index contributed by atoms with van der Waals surface area (Å²) in [7, 11) is 0. The van der Waals surface area contributed by atoms with Crippen LogP contribution < -0.4 is 0 Å². The first-order valence-electron chi connectivity index (χ1n) is 3.82. The van der Waals surface area contributed by atoms with Crippen LogP contribution in [0.4, 0.5) is 5.69 Å². The fourth-order valence-electron chi connectivity index (χ4n) is 1.20. The van der Waals surface area contributed by atoms with Gasteiger partial charge in [-0.05, 0) is 20.8 Å². The molecule has 0 radical (unpaired) electrons. The van der Waals surface area contributed by atoms with E-state index in [-0.39, 0.29) is 0 Å². The van der Waals surface area contributed by atoms with E-state index in [0.29, 0.717) is 5.69 Å². The second kappa shape index (κ2) is 3.32. The molecule has 0 amide bonds. The zero-order valence-corrected chi connectivity index (χ0v) is 7.46. The lowest BCUT2D eigenvalue weighted by Crippen LogP contribution is -1.98. The first kappa shape index (κ1) is 8.68. The second-order valence-corrected chi connectivity index (χ2v) is 2.54. The quantitative estimate of drug-likeness (QED) is 0.492. The van der Waals surface area contributed by atoms with Gasteiger partial charge in [-0.25, -0.2) is 4.79 Å². The minimum Gasteiger partial charge on any atom is -0.268 e. The summed E-state index contributed by atoms with van der Waals surface area (Å²) in [5.74, 6) is 0. The molecular formula is C8H11N3O. The highest BCUT2D eigenvalue weighted by molar-refractivity contribution is 5.54. The van der Waals surface area contributed by atoms with E-state index < -0.39 is 0 Å². The zero-order valence-electron chi connectivity index (χ0n) is 7.46. The Hall–Kier alpha value is -1.41. The molecule has 0 fully saturated rings. The predicted octanol–water partition coefficient (Wildman–Crippen LogP) is 1.49. The lowest BCUT2D eigenvalue weighted by Gasteiger charge is -1.96. The lowest BCUT2D eigenvalue weighted by molar-refractivity contribution is 0.565. The van der Waals surface area contributed by atoms with E-state index in [0.717, 1.165) is 17.9 Å². The van der Waals surface area contributed by atoms with Gasteiger partial charge in [0.15, 0.2) is 0 Å². The number of hydrogen-bond donors (Lipinski definition) is 0. The van der Waals surface area contributed by atoms with Crippen molar-refractivity contribution < 1.29 is 4.79 Å². The van der Waals surface area contributed by atoms with Gasteiger partial charge in [0.25, 0.3) is 0 Å². The van der Waals surface area contributed by atoms with Crippen molar-refractivity contribution in [2.24, 2.45) is 4.99 Å². The molecule has 0 saturated carbocycles. The van der Waals surface area contributed by atoms with Gasteiger partial charge in [-0.15, -0.1) is 0 Å². The van der Waals surface area contributed by atoms with Gasteiger partial charge in [-0.3, -0.25) is 4.68 Å². The molecule has 0 unspecified atom stereocenters. The molecule has 1 aromatic rings. The summed E-state index contributed by atoms with van der Waals surface area (Å²) < 4.78 is 1.81. The molecule has 4 heteroatoms. The minimum atomic E-state index is 0.645. The van der Waals surface area contributed by atoms with Gasteiger partial charge in [0.05, 0.1) is 11.4 Å². The second-order valence-electron chi connectivity index (χ2n) is 2.54. The van der Waals surface area contributed by atoms with Crippen molar-refractivity contribution in [3.8, 4) is 0 Å². The molecule has 0 aliphatic rings. The van der Waals surface area contributed by atoms with E-state index in [1.54, 1.807) is 0 Å². The van der Waals surface area contributed by atoms with Crippen LogP contribution in [0.15, 0.2) is 4.99 Å². The number of aromatic nitrogens is 2. The standard InChI is InChI=1S/C8H11N3O/c1-4-11-7(3)8(9-5-12)6(2)10-11/h4H2,1-3H3. The Morgan fingerprint density at radius 3 is 2.67 bits per heavy atom. The molecular weight excluding hydrogens is 154 g/mol. The van der Waals surface area contributed by atoms with Gasteiger partial charge >= 0.3 is 0 Å². The molecule has 0 aliphatic carbocycles. The van der Waals surface area contributed by atoms with Crippen molar-refractivity contribution in [2.75, 3.05) is 0 Å². The maximum absolute atomic E-state index is 10.0. The molecule has 0 saturated heterocycles. The molecule has 0 aromatic carbocycles. The summed E-state index contributed by atoms with van der Waals surface area (Å²) >= 11 is 0. The number of aryl methyl sites for hydroxylation is 2. The highest BCUT2D eigenvalue weighted by Crippen LogP contribution is 2.21. The van der Waals surface area contributed by atoms with Crippen LogP contribution in [-0.2, 0) is 11.3 Å². The number of hydrogen-bond acceptors (Lipinski definition) is 3. The average molecular weight is 165 g/mol. The Morgan fingerprint density at radius 1 is 1.58 bits per heavy atom. The molecule has 0 bridgehead atoms. The maximum Gasteiger partial charge on any atom is 0.240 e. The molecule has 0 N–H and O–H groups in total. The summed E-state index contributed by atoms with van der Waals surface area (Å²) in [6, 6.07) is 0. The van der Waals surface area contributed by atoms with Crippen LogP contribution in [0, 0.1) is 13.8 Å². The van der Waals surface area contributed by atoms with Crippen LogP contribution >= 0.6 is 0 Å². The normalized spacial score (nSPS) is 9.58. The number of nitrogens with zero attached hydrogens (tertiary/aromatic N) is 3. The Labute approximate surface area is 70.9 Å². The van der Waals surface area contributed by atoms with Crippen LogP contribution in [0.5, 0.6) is 0 Å². The molecule has 0 atom stereocenters. The van der Waals surface area contributed by atoms with Crippen molar-refractivity contribution in [2.45, 2.75) is 27.3 Å². The first-order chi connectivity index (χ1) is 5.70. The molecule has 1 heterocycles. The van der Waals surface area contributed by atoms with E-state index in [2.05, 4.69) is 10.1 Å². The average Bonchev–Trinajstić information content (AvgIpc) is 2.32.